The first kappa shape index (κ1) is 18.7. The van der Waals surface area contributed by atoms with Gasteiger partial charge in [-0.2, -0.15) is 0 Å². The van der Waals surface area contributed by atoms with E-state index in [1.165, 1.54) is 62.9 Å². The molecule has 0 unspecified atom stereocenters. The molecule has 1 heterocycles. The van der Waals surface area contributed by atoms with Gasteiger partial charge in [-0.1, -0.05) is 49.8 Å². The van der Waals surface area contributed by atoms with E-state index in [-0.39, 0.29) is 11.2 Å². The van der Waals surface area contributed by atoms with Gasteiger partial charge < -0.3 is 4.90 Å². The second-order valence-electron chi connectivity index (χ2n) is 9.18. The van der Waals surface area contributed by atoms with E-state index in [9.17, 15) is 4.79 Å². The third kappa shape index (κ3) is 2.79. The van der Waals surface area contributed by atoms with Crippen molar-refractivity contribution in [3.8, 4) is 0 Å². The van der Waals surface area contributed by atoms with Gasteiger partial charge in [-0.05, 0) is 73.5 Å². The number of allylic oxidation sites excluding steroid dienone is 7. The van der Waals surface area contributed by atoms with Crippen LogP contribution in [0.5, 0.6) is 0 Å². The van der Waals surface area contributed by atoms with Crippen molar-refractivity contribution in [1.82, 2.24) is 4.90 Å². The zero-order valence-electron chi connectivity index (χ0n) is 17.5. The normalized spacial score (nSPS) is 29.2. The van der Waals surface area contributed by atoms with Gasteiger partial charge in [-0.3, -0.25) is 4.79 Å². The smallest absolute Gasteiger partial charge is 0.160 e. The van der Waals surface area contributed by atoms with Gasteiger partial charge in [0.25, 0.3) is 0 Å². The van der Waals surface area contributed by atoms with Gasteiger partial charge in [0.2, 0.25) is 0 Å². The first-order valence-corrected chi connectivity index (χ1v) is 11.3. The minimum Gasteiger partial charge on any atom is -0.375 e. The third-order valence-electron chi connectivity index (χ3n) is 7.65. The molecule has 1 saturated carbocycles. The summed E-state index contributed by atoms with van der Waals surface area (Å²) in [6, 6.07) is 10.4. The molecule has 3 aliphatic carbocycles. The molecule has 2 atom stereocenters. The minimum absolute atomic E-state index is 0.0652. The van der Waals surface area contributed by atoms with Crippen molar-refractivity contribution < 1.29 is 4.79 Å². The quantitative estimate of drug-likeness (QED) is 0.628. The van der Waals surface area contributed by atoms with Crippen LogP contribution in [-0.4, -0.2) is 23.8 Å². The van der Waals surface area contributed by atoms with Crippen molar-refractivity contribution in [2.45, 2.75) is 51.9 Å². The van der Waals surface area contributed by atoms with Crippen LogP contribution in [0.2, 0.25) is 0 Å². The summed E-state index contributed by atoms with van der Waals surface area (Å²) in [6.07, 6.45) is 13.6. The van der Waals surface area contributed by atoms with Crippen LogP contribution in [0.3, 0.4) is 0 Å². The van der Waals surface area contributed by atoms with E-state index < -0.39 is 0 Å². The largest absolute Gasteiger partial charge is 0.375 e. The van der Waals surface area contributed by atoms with Crippen molar-refractivity contribution in [1.29, 1.82) is 0 Å². The van der Waals surface area contributed by atoms with Crippen LogP contribution in [0, 0.1) is 11.3 Å². The molecule has 1 spiro atoms. The number of hydrogen-bond donors (Lipinski definition) is 0. The fraction of sp³-hybridized carbons (Fsp3) is 0.444. The van der Waals surface area contributed by atoms with Crippen LogP contribution >= 0.6 is 0 Å². The number of ketones is 1. The first-order valence-electron chi connectivity index (χ1n) is 11.3. The molecule has 2 heteroatoms. The second kappa shape index (κ2) is 7.16. The molecular weight excluding hydrogens is 354 g/mol. The van der Waals surface area contributed by atoms with E-state index in [1.54, 1.807) is 6.92 Å². The molecule has 2 nitrogen and oxygen atoms in total. The monoisotopic (exact) mass is 385 g/mol. The van der Waals surface area contributed by atoms with E-state index in [0.29, 0.717) is 5.92 Å². The van der Waals surface area contributed by atoms with Gasteiger partial charge in [0, 0.05) is 35.7 Å². The number of hydrogen-bond acceptors (Lipinski definition) is 2. The summed E-state index contributed by atoms with van der Waals surface area (Å²) < 4.78 is 0. The summed E-state index contributed by atoms with van der Waals surface area (Å²) in [7, 11) is 0. The number of benzene rings is 1. The van der Waals surface area contributed by atoms with Crippen molar-refractivity contribution in [2.75, 3.05) is 13.1 Å². The van der Waals surface area contributed by atoms with Gasteiger partial charge in [-0.25, -0.2) is 0 Å². The molecule has 0 radical (unpaired) electrons. The Bertz CT molecular complexity index is 942. The highest BCUT2D eigenvalue weighted by Gasteiger charge is 2.54. The Morgan fingerprint density at radius 3 is 2.52 bits per heavy atom. The van der Waals surface area contributed by atoms with Crippen molar-refractivity contribution >= 4 is 11.4 Å². The summed E-state index contributed by atoms with van der Waals surface area (Å²) >= 11 is 0. The van der Waals surface area contributed by atoms with E-state index in [0.717, 1.165) is 28.7 Å². The number of carbonyl (C=O) groups is 1. The average Bonchev–Trinajstić information content (AvgIpc) is 3.10. The summed E-state index contributed by atoms with van der Waals surface area (Å²) in [5, 5.41) is 0. The Morgan fingerprint density at radius 2 is 1.79 bits per heavy atom. The number of rotatable bonds is 3. The molecule has 5 rings (SSSR count). The van der Waals surface area contributed by atoms with E-state index in [1.807, 2.05) is 6.07 Å². The Balaban J connectivity index is 1.68. The predicted molar refractivity (Wildman–Crippen MR) is 119 cm³/mol. The first-order chi connectivity index (χ1) is 14.1. The molecule has 29 heavy (non-hydrogen) atoms. The number of likely N-dealkylation sites (tertiary alicyclic amines) is 1. The lowest BCUT2D eigenvalue weighted by Crippen LogP contribution is -2.41. The Morgan fingerprint density at radius 1 is 1.03 bits per heavy atom. The maximum atomic E-state index is 12.9. The summed E-state index contributed by atoms with van der Waals surface area (Å²) in [6.45, 7) is 8.69. The fourth-order valence-corrected chi connectivity index (χ4v) is 6.34. The predicted octanol–water partition coefficient (Wildman–Crippen LogP) is 6.09. The molecule has 0 N–H and O–H groups in total. The Labute approximate surface area is 174 Å². The Hall–Kier alpha value is -2.35. The number of carbonyl (C=O) groups excluding carboxylic acids is 1. The molecule has 1 aromatic carbocycles. The van der Waals surface area contributed by atoms with Gasteiger partial charge in [0.05, 0.1) is 0 Å². The van der Waals surface area contributed by atoms with Gasteiger partial charge in [0.1, 0.15) is 0 Å². The molecule has 1 saturated heterocycles. The number of piperidine rings is 1. The van der Waals surface area contributed by atoms with Crippen LogP contribution in [-0.2, 0) is 4.79 Å². The molecule has 2 fully saturated rings. The van der Waals surface area contributed by atoms with Crippen LogP contribution in [0.4, 0.5) is 0 Å². The molecular formula is C27H31NO. The maximum Gasteiger partial charge on any atom is 0.160 e. The standard InChI is InChI=1S/C27H31NO/c1-19-26(20(2)29)23(21-11-5-3-6-12-21)17-22-18-25(28-15-9-4-10-16-28)24-13-7-8-14-27(19,22)24/h3,5-6,11-12,17-18,24H,1,4,7-10,13-16H2,2H3/t24-,27-/m1/s1. The second-order valence-corrected chi connectivity index (χ2v) is 9.18. The van der Waals surface area contributed by atoms with E-state index in [2.05, 4.69) is 47.9 Å². The number of Topliss-reactive ketones (excluding diaryl/α,β-unsaturated/α-hetero) is 1. The van der Waals surface area contributed by atoms with Crippen LogP contribution in [0.25, 0.3) is 5.57 Å². The topological polar surface area (TPSA) is 20.3 Å². The maximum absolute atomic E-state index is 12.9. The number of nitrogens with zero attached hydrogens (tertiary/aromatic N) is 1. The highest BCUT2D eigenvalue weighted by Crippen LogP contribution is 2.63. The lowest BCUT2D eigenvalue weighted by molar-refractivity contribution is -0.113. The van der Waals surface area contributed by atoms with Crippen LogP contribution < -0.4 is 0 Å². The Kier molecular flexibility index (Phi) is 4.61. The van der Waals surface area contributed by atoms with Gasteiger partial charge >= 0.3 is 0 Å². The summed E-state index contributed by atoms with van der Waals surface area (Å²) in [5.74, 6) is 0.633. The van der Waals surface area contributed by atoms with Crippen LogP contribution in [0.1, 0.15) is 57.4 Å². The van der Waals surface area contributed by atoms with Gasteiger partial charge in [0.15, 0.2) is 5.78 Å². The highest BCUT2D eigenvalue weighted by atomic mass is 16.1. The van der Waals surface area contributed by atoms with Gasteiger partial charge in [-0.15, -0.1) is 0 Å². The molecule has 0 bridgehead atoms. The summed E-state index contributed by atoms with van der Waals surface area (Å²) in [5.41, 5.74) is 6.97. The van der Waals surface area contributed by atoms with Crippen molar-refractivity contribution in [3.05, 3.63) is 77.0 Å². The van der Waals surface area contributed by atoms with E-state index >= 15 is 0 Å². The SMILES string of the molecule is C=C1C(C(C)=O)=C(c2ccccc2)C=C2C=C(N3CCCCC3)[C@H]3CCCC[C@@]123. The lowest BCUT2D eigenvalue weighted by Gasteiger charge is -2.47. The molecule has 150 valence electrons. The molecule has 0 aromatic heterocycles. The molecule has 1 aromatic rings. The molecule has 1 aliphatic heterocycles. The van der Waals surface area contributed by atoms with Crippen molar-refractivity contribution in [3.63, 3.8) is 0 Å². The minimum atomic E-state index is -0.0652. The van der Waals surface area contributed by atoms with Crippen molar-refractivity contribution in [2.24, 2.45) is 11.3 Å². The van der Waals surface area contributed by atoms with E-state index in [4.69, 9.17) is 0 Å². The molecule has 0 amide bonds. The lowest BCUT2D eigenvalue weighted by atomic mass is 9.57. The zero-order chi connectivity index (χ0) is 20.0. The highest BCUT2D eigenvalue weighted by molar-refractivity contribution is 6.09. The molecule has 4 aliphatic rings. The summed E-state index contributed by atoms with van der Waals surface area (Å²) in [4.78, 5) is 15.5. The third-order valence-corrected chi connectivity index (χ3v) is 7.65. The van der Waals surface area contributed by atoms with Crippen LogP contribution in [0.15, 0.2) is 71.5 Å². The average molecular weight is 386 g/mol. The zero-order valence-corrected chi connectivity index (χ0v) is 17.5. The fourth-order valence-electron chi connectivity index (χ4n) is 6.34.